The maximum atomic E-state index is 11.8. The minimum atomic E-state index is -4.82. The zero-order valence-corrected chi connectivity index (χ0v) is 8.82. The predicted molar refractivity (Wildman–Crippen MR) is 48.8 cm³/mol. The zero-order chi connectivity index (χ0) is 12.3. The minimum absolute atomic E-state index is 0.124. The molecule has 0 bridgehead atoms. The van der Waals surface area contributed by atoms with E-state index in [1.807, 2.05) is 0 Å². The highest BCUT2D eigenvalue weighted by Gasteiger charge is 2.39. The van der Waals surface area contributed by atoms with E-state index < -0.39 is 33.1 Å². The quantitative estimate of drug-likeness (QED) is 0.742. The molecule has 0 aromatic heterocycles. The van der Waals surface area contributed by atoms with Crippen LogP contribution in [0.25, 0.3) is 0 Å². The standard InChI is InChI=1S/C8H11F3O3S/c1-3-7(12,4-2)5-15(13,14)6-8(9,10)11/h1,12H,4-6H2,2H3. The highest BCUT2D eigenvalue weighted by atomic mass is 32.2. The Hall–Kier alpha value is -0.740. The van der Waals surface area contributed by atoms with Gasteiger partial charge in [0.1, 0.15) is 11.4 Å². The molecule has 3 nitrogen and oxygen atoms in total. The van der Waals surface area contributed by atoms with Crippen LogP contribution in [0.5, 0.6) is 0 Å². The van der Waals surface area contributed by atoms with E-state index in [9.17, 15) is 26.7 Å². The number of halogens is 3. The van der Waals surface area contributed by atoms with E-state index in [0.29, 0.717) is 0 Å². The summed E-state index contributed by atoms with van der Waals surface area (Å²) in [6, 6.07) is 0. The van der Waals surface area contributed by atoms with Gasteiger partial charge in [0, 0.05) is 0 Å². The van der Waals surface area contributed by atoms with Gasteiger partial charge in [-0.15, -0.1) is 6.42 Å². The number of hydrogen-bond acceptors (Lipinski definition) is 3. The molecule has 0 heterocycles. The number of terminal acetylenes is 1. The van der Waals surface area contributed by atoms with Crippen LogP contribution in [0.4, 0.5) is 13.2 Å². The van der Waals surface area contributed by atoms with Crippen molar-refractivity contribution in [1.29, 1.82) is 0 Å². The van der Waals surface area contributed by atoms with E-state index in [0.717, 1.165) is 0 Å². The Morgan fingerprint density at radius 2 is 1.80 bits per heavy atom. The van der Waals surface area contributed by atoms with Gasteiger partial charge in [0.05, 0.1) is 5.75 Å². The average Bonchev–Trinajstić information content (AvgIpc) is 1.98. The molecule has 0 aliphatic rings. The fourth-order valence-corrected chi connectivity index (χ4v) is 2.53. The third kappa shape index (κ3) is 5.64. The molecule has 0 fully saturated rings. The van der Waals surface area contributed by atoms with Crippen LogP contribution in [-0.2, 0) is 9.84 Å². The molecule has 0 aliphatic carbocycles. The molecular formula is C8H11F3O3S. The summed E-state index contributed by atoms with van der Waals surface area (Å²) in [6.07, 6.45) is -0.0990. The van der Waals surface area contributed by atoms with Crippen molar-refractivity contribution in [3.05, 3.63) is 0 Å². The molecule has 0 aromatic rings. The summed E-state index contributed by atoms with van der Waals surface area (Å²) in [5, 5.41) is 9.38. The van der Waals surface area contributed by atoms with Crippen LogP contribution in [0.3, 0.4) is 0 Å². The van der Waals surface area contributed by atoms with Gasteiger partial charge in [-0.05, 0) is 6.42 Å². The molecule has 1 atom stereocenters. The molecule has 0 saturated carbocycles. The van der Waals surface area contributed by atoms with Gasteiger partial charge in [-0.1, -0.05) is 12.8 Å². The van der Waals surface area contributed by atoms with Gasteiger partial charge >= 0.3 is 6.18 Å². The molecule has 0 aromatic carbocycles. The zero-order valence-electron chi connectivity index (χ0n) is 8.00. The van der Waals surface area contributed by atoms with Crippen LogP contribution >= 0.6 is 0 Å². The second-order valence-corrected chi connectivity index (χ2v) is 5.24. The van der Waals surface area contributed by atoms with E-state index in [2.05, 4.69) is 0 Å². The van der Waals surface area contributed by atoms with Crippen LogP contribution in [0.15, 0.2) is 0 Å². The number of rotatable bonds is 4. The predicted octanol–water partition coefficient (Wildman–Crippen LogP) is 0.738. The lowest BCUT2D eigenvalue weighted by Gasteiger charge is -2.20. The van der Waals surface area contributed by atoms with Crippen LogP contribution in [0.2, 0.25) is 0 Å². The summed E-state index contributed by atoms with van der Waals surface area (Å²) in [5.74, 6) is -1.27. The van der Waals surface area contributed by atoms with Crippen molar-refractivity contribution in [1.82, 2.24) is 0 Å². The second kappa shape index (κ2) is 4.41. The molecule has 88 valence electrons. The number of sulfone groups is 1. The molecule has 15 heavy (non-hydrogen) atoms. The molecule has 1 N–H and O–H groups in total. The Kier molecular flexibility index (Phi) is 4.19. The molecule has 0 rings (SSSR count). The second-order valence-electron chi connectivity index (χ2n) is 3.18. The summed E-state index contributed by atoms with van der Waals surface area (Å²) in [6.45, 7) is 1.39. The van der Waals surface area contributed by atoms with E-state index in [1.54, 1.807) is 5.92 Å². The van der Waals surface area contributed by atoms with Gasteiger partial charge in [0.2, 0.25) is 0 Å². The smallest absolute Gasteiger partial charge is 0.377 e. The lowest BCUT2D eigenvalue weighted by atomic mass is 10.1. The summed E-state index contributed by atoms with van der Waals surface area (Å²) < 4.78 is 57.5. The summed E-state index contributed by atoms with van der Waals surface area (Å²) >= 11 is 0. The Morgan fingerprint density at radius 3 is 2.07 bits per heavy atom. The van der Waals surface area contributed by atoms with Gasteiger partial charge in [0.15, 0.2) is 9.84 Å². The summed E-state index contributed by atoms with van der Waals surface area (Å²) in [4.78, 5) is 0. The fraction of sp³-hybridized carbons (Fsp3) is 0.750. The minimum Gasteiger partial charge on any atom is -0.377 e. The first-order valence-electron chi connectivity index (χ1n) is 4.01. The highest BCUT2D eigenvalue weighted by molar-refractivity contribution is 7.91. The SMILES string of the molecule is C#CC(O)(CC)CS(=O)(=O)CC(F)(F)F. The largest absolute Gasteiger partial charge is 0.402 e. The Morgan fingerprint density at radius 1 is 1.33 bits per heavy atom. The number of alkyl halides is 3. The summed E-state index contributed by atoms with van der Waals surface area (Å²) in [5.41, 5.74) is -2.02. The first kappa shape index (κ1) is 14.3. The Bertz CT molecular complexity index is 352. The third-order valence-corrected chi connectivity index (χ3v) is 3.38. The lowest BCUT2D eigenvalue weighted by molar-refractivity contribution is -0.106. The Labute approximate surface area is 86.2 Å². The maximum absolute atomic E-state index is 11.8. The molecule has 0 radical (unpaired) electrons. The fourth-order valence-electron chi connectivity index (χ4n) is 0.910. The third-order valence-electron chi connectivity index (χ3n) is 1.70. The van der Waals surface area contributed by atoms with Crippen molar-refractivity contribution < 1.29 is 26.7 Å². The highest BCUT2D eigenvalue weighted by Crippen LogP contribution is 2.20. The van der Waals surface area contributed by atoms with Crippen molar-refractivity contribution in [2.24, 2.45) is 0 Å². The Balaban J connectivity index is 4.75. The molecule has 7 heteroatoms. The van der Waals surface area contributed by atoms with E-state index >= 15 is 0 Å². The van der Waals surface area contributed by atoms with Gasteiger partial charge in [-0.2, -0.15) is 13.2 Å². The topological polar surface area (TPSA) is 54.4 Å². The van der Waals surface area contributed by atoms with Gasteiger partial charge in [0.25, 0.3) is 0 Å². The van der Waals surface area contributed by atoms with Crippen molar-refractivity contribution in [3.63, 3.8) is 0 Å². The van der Waals surface area contributed by atoms with Crippen LogP contribution in [0, 0.1) is 12.3 Å². The van der Waals surface area contributed by atoms with Gasteiger partial charge in [-0.25, -0.2) is 8.42 Å². The summed E-state index contributed by atoms with van der Waals surface area (Å²) in [7, 11) is -4.44. The van der Waals surface area contributed by atoms with Crippen molar-refractivity contribution in [3.8, 4) is 12.3 Å². The van der Waals surface area contributed by atoms with E-state index in [4.69, 9.17) is 6.42 Å². The maximum Gasteiger partial charge on any atom is 0.402 e. The molecule has 0 saturated heterocycles. The van der Waals surface area contributed by atoms with E-state index in [-0.39, 0.29) is 6.42 Å². The average molecular weight is 244 g/mol. The van der Waals surface area contributed by atoms with Crippen LogP contribution in [0.1, 0.15) is 13.3 Å². The monoisotopic (exact) mass is 244 g/mol. The van der Waals surface area contributed by atoms with Gasteiger partial charge in [-0.3, -0.25) is 0 Å². The van der Waals surface area contributed by atoms with Crippen LogP contribution < -0.4 is 0 Å². The first-order chi connectivity index (χ1) is 6.54. The number of aliphatic hydroxyl groups is 1. The lowest BCUT2D eigenvalue weighted by Crippen LogP contribution is -2.38. The molecule has 1 unspecified atom stereocenters. The van der Waals surface area contributed by atoms with Crippen molar-refractivity contribution >= 4 is 9.84 Å². The van der Waals surface area contributed by atoms with Crippen molar-refractivity contribution in [2.45, 2.75) is 25.1 Å². The molecule has 0 aliphatic heterocycles. The van der Waals surface area contributed by atoms with Crippen molar-refractivity contribution in [2.75, 3.05) is 11.5 Å². The van der Waals surface area contributed by atoms with E-state index in [1.165, 1.54) is 6.92 Å². The van der Waals surface area contributed by atoms with Gasteiger partial charge < -0.3 is 5.11 Å². The first-order valence-corrected chi connectivity index (χ1v) is 5.83. The normalized spacial score (nSPS) is 16.8. The molecular weight excluding hydrogens is 233 g/mol. The van der Waals surface area contributed by atoms with Crippen LogP contribution in [-0.4, -0.2) is 36.8 Å². The number of hydrogen-bond donors (Lipinski definition) is 1. The molecule has 0 amide bonds. The molecule has 0 spiro atoms.